The van der Waals surface area contributed by atoms with Gasteiger partial charge in [0.05, 0.1) is 4.92 Å². The van der Waals surface area contributed by atoms with E-state index in [-0.39, 0.29) is 10.7 Å². The number of nitrogens with zero attached hydrogens (tertiary/aromatic N) is 4. The predicted molar refractivity (Wildman–Crippen MR) is 44.9 cm³/mol. The second-order valence-electron chi connectivity index (χ2n) is 2.06. The third-order valence-electron chi connectivity index (χ3n) is 1.20. The van der Waals surface area contributed by atoms with Crippen molar-refractivity contribution in [3.8, 4) is 5.40 Å². The van der Waals surface area contributed by atoms with Crippen LogP contribution < -0.4 is 0 Å². The molecule has 1 heterocycles. The molecule has 0 amide bonds. The zero-order valence-corrected chi connectivity index (χ0v) is 7.41. The molecule has 0 aromatic carbocycles. The van der Waals surface area contributed by atoms with Crippen LogP contribution in [0.2, 0.25) is 0 Å². The minimum Gasteiger partial charge on any atom is -0.258 e. The maximum absolute atomic E-state index is 10.4. The van der Waals surface area contributed by atoms with E-state index in [0.29, 0.717) is 17.6 Å². The molecule has 0 N–H and O–H groups in total. The molecule has 0 spiro atoms. The summed E-state index contributed by atoms with van der Waals surface area (Å²) in [7, 11) is 0. The highest BCUT2D eigenvalue weighted by molar-refractivity contribution is 8.03. The fourth-order valence-corrected chi connectivity index (χ4v) is 1.18. The highest BCUT2D eigenvalue weighted by Gasteiger charge is 2.16. The van der Waals surface area contributed by atoms with Gasteiger partial charge >= 0.3 is 5.69 Å². The minimum atomic E-state index is -0.612. The number of thioether (sulfide) groups is 1. The Morgan fingerprint density at radius 2 is 2.46 bits per heavy atom. The zero-order valence-electron chi connectivity index (χ0n) is 6.59. The lowest BCUT2D eigenvalue weighted by molar-refractivity contribution is -0.388. The van der Waals surface area contributed by atoms with Crippen molar-refractivity contribution in [2.45, 2.75) is 11.9 Å². The molecule has 1 aromatic heterocycles. The fraction of sp³-hybridized carbons (Fsp3) is 0.167. The molecule has 66 valence electrons. The Labute approximate surface area is 77.8 Å². The van der Waals surface area contributed by atoms with Gasteiger partial charge in [0.15, 0.2) is 5.03 Å². The van der Waals surface area contributed by atoms with Crippen molar-refractivity contribution in [3.63, 3.8) is 0 Å². The fourth-order valence-electron chi connectivity index (χ4n) is 0.686. The monoisotopic (exact) mass is 196 g/mol. The molecule has 13 heavy (non-hydrogen) atoms. The summed E-state index contributed by atoms with van der Waals surface area (Å²) >= 11 is 0.657. The van der Waals surface area contributed by atoms with Crippen LogP contribution in [0.25, 0.3) is 0 Å². The molecule has 0 aliphatic rings. The summed E-state index contributed by atoms with van der Waals surface area (Å²) in [5.41, 5.74) is -0.239. The van der Waals surface area contributed by atoms with Gasteiger partial charge in [0, 0.05) is 11.8 Å². The molecular weight excluding hydrogens is 192 g/mol. The van der Waals surface area contributed by atoms with Crippen LogP contribution in [-0.2, 0) is 0 Å². The molecule has 0 atom stereocenters. The van der Waals surface area contributed by atoms with E-state index < -0.39 is 4.92 Å². The van der Waals surface area contributed by atoms with E-state index in [9.17, 15) is 10.1 Å². The first-order chi connectivity index (χ1) is 6.15. The van der Waals surface area contributed by atoms with Crippen LogP contribution in [0.3, 0.4) is 0 Å². The van der Waals surface area contributed by atoms with Crippen molar-refractivity contribution in [3.05, 3.63) is 22.1 Å². The first-order valence-corrected chi connectivity index (χ1v) is 4.00. The van der Waals surface area contributed by atoms with E-state index in [2.05, 4.69) is 9.97 Å². The Bertz CT molecular complexity index is 387. The maximum atomic E-state index is 10.4. The molecule has 0 fully saturated rings. The molecule has 0 bridgehead atoms. The Kier molecular flexibility index (Phi) is 2.76. The topological polar surface area (TPSA) is 92.7 Å². The number of nitro groups is 1. The van der Waals surface area contributed by atoms with Crippen molar-refractivity contribution >= 4 is 17.4 Å². The van der Waals surface area contributed by atoms with Gasteiger partial charge in [-0.25, -0.2) is 9.97 Å². The third-order valence-corrected chi connectivity index (χ3v) is 1.78. The summed E-state index contributed by atoms with van der Waals surface area (Å²) in [5.74, 6) is 0.406. The van der Waals surface area contributed by atoms with E-state index in [1.807, 2.05) is 0 Å². The number of hydrogen-bond donors (Lipinski definition) is 0. The predicted octanol–water partition coefficient (Wildman–Crippen LogP) is 1.27. The summed E-state index contributed by atoms with van der Waals surface area (Å²) in [6.45, 7) is 1.60. The largest absolute Gasteiger partial charge is 0.320 e. The first-order valence-electron chi connectivity index (χ1n) is 3.19. The standard InChI is InChI=1S/C6H4N4O2S/c1-4-8-2-5(10(11)12)6(9-4)13-3-7/h2H,1H3. The van der Waals surface area contributed by atoms with E-state index in [1.165, 1.54) is 0 Å². The number of rotatable bonds is 2. The van der Waals surface area contributed by atoms with Crippen LogP contribution in [0, 0.1) is 27.7 Å². The number of hydrogen-bond acceptors (Lipinski definition) is 6. The average molecular weight is 196 g/mol. The lowest BCUT2D eigenvalue weighted by Crippen LogP contribution is -1.96. The second-order valence-corrected chi connectivity index (χ2v) is 2.83. The molecule has 0 aliphatic heterocycles. The van der Waals surface area contributed by atoms with Crippen LogP contribution in [0.4, 0.5) is 5.69 Å². The minimum absolute atomic E-state index is 0.0833. The van der Waals surface area contributed by atoms with Crippen molar-refractivity contribution < 1.29 is 4.92 Å². The molecule has 6 nitrogen and oxygen atoms in total. The van der Waals surface area contributed by atoms with Gasteiger partial charge in [-0.3, -0.25) is 10.1 Å². The van der Waals surface area contributed by atoms with Crippen LogP contribution >= 0.6 is 11.8 Å². The maximum Gasteiger partial charge on any atom is 0.320 e. The molecule has 1 aromatic rings. The van der Waals surface area contributed by atoms with Gasteiger partial charge in [-0.15, -0.1) is 0 Å². The van der Waals surface area contributed by atoms with Gasteiger partial charge < -0.3 is 0 Å². The number of nitriles is 1. The van der Waals surface area contributed by atoms with Crippen molar-refractivity contribution in [1.29, 1.82) is 5.26 Å². The van der Waals surface area contributed by atoms with Crippen molar-refractivity contribution in [2.24, 2.45) is 0 Å². The summed E-state index contributed by atoms with van der Waals surface area (Å²) in [6.07, 6.45) is 1.10. The van der Waals surface area contributed by atoms with Crippen LogP contribution in [0.5, 0.6) is 0 Å². The smallest absolute Gasteiger partial charge is 0.258 e. The lowest BCUT2D eigenvalue weighted by Gasteiger charge is -1.96. The number of aromatic nitrogens is 2. The lowest BCUT2D eigenvalue weighted by atomic mass is 10.5. The van der Waals surface area contributed by atoms with E-state index in [0.717, 1.165) is 6.20 Å². The van der Waals surface area contributed by atoms with Gasteiger partial charge in [0.25, 0.3) is 0 Å². The summed E-state index contributed by atoms with van der Waals surface area (Å²) in [4.78, 5) is 17.2. The molecule has 1 rings (SSSR count). The van der Waals surface area contributed by atoms with Crippen molar-refractivity contribution in [1.82, 2.24) is 9.97 Å². The Morgan fingerprint density at radius 1 is 1.77 bits per heavy atom. The Hall–Kier alpha value is -1.68. The summed E-state index contributed by atoms with van der Waals surface area (Å²) < 4.78 is 0. The van der Waals surface area contributed by atoms with Crippen LogP contribution in [0.15, 0.2) is 11.2 Å². The second kappa shape index (κ2) is 3.82. The number of thiocyanates is 1. The van der Waals surface area contributed by atoms with Crippen LogP contribution in [-0.4, -0.2) is 14.9 Å². The van der Waals surface area contributed by atoms with Gasteiger partial charge in [-0.05, 0) is 6.92 Å². The third kappa shape index (κ3) is 2.13. The van der Waals surface area contributed by atoms with Gasteiger partial charge in [-0.1, -0.05) is 0 Å². The summed E-state index contributed by atoms with van der Waals surface area (Å²) in [5, 5.41) is 20.6. The average Bonchev–Trinajstić information content (AvgIpc) is 2.04. The highest BCUT2D eigenvalue weighted by Crippen LogP contribution is 2.24. The molecule has 0 aliphatic carbocycles. The molecule has 0 saturated carbocycles. The van der Waals surface area contributed by atoms with Gasteiger partial charge in [0.2, 0.25) is 0 Å². The Morgan fingerprint density at radius 3 is 3.00 bits per heavy atom. The normalized spacial score (nSPS) is 9.23. The van der Waals surface area contributed by atoms with E-state index in [1.54, 1.807) is 12.3 Å². The highest BCUT2D eigenvalue weighted by atomic mass is 32.2. The molecule has 0 radical (unpaired) electrons. The zero-order chi connectivity index (χ0) is 9.84. The molecular formula is C6H4N4O2S. The molecule has 0 saturated heterocycles. The molecule has 0 unspecified atom stereocenters. The summed E-state index contributed by atoms with van der Waals surface area (Å²) in [6, 6.07) is 0. The Balaban J connectivity index is 3.20. The molecule has 7 heteroatoms. The van der Waals surface area contributed by atoms with E-state index in [4.69, 9.17) is 5.26 Å². The van der Waals surface area contributed by atoms with Crippen LogP contribution in [0.1, 0.15) is 5.82 Å². The first kappa shape index (κ1) is 9.41. The van der Waals surface area contributed by atoms with E-state index >= 15 is 0 Å². The van der Waals surface area contributed by atoms with Gasteiger partial charge in [-0.2, -0.15) is 5.26 Å². The van der Waals surface area contributed by atoms with Gasteiger partial charge in [0.1, 0.15) is 17.4 Å². The number of aryl methyl sites for hydroxylation is 1. The SMILES string of the molecule is Cc1ncc([N+](=O)[O-])c(SC#N)n1. The quantitative estimate of drug-likeness (QED) is 0.232. The van der Waals surface area contributed by atoms with Crippen molar-refractivity contribution in [2.75, 3.05) is 0 Å².